The number of halogens is 1. The normalized spacial score (nSPS) is 15.0. The van der Waals surface area contributed by atoms with E-state index in [-0.39, 0.29) is 24.2 Å². The molecule has 0 spiro atoms. The SMILES string of the molecule is O=C(COc1cccc(/C=C2\SC(=S)NC2=O)c1)Nc1ccc(F)cc1. The van der Waals surface area contributed by atoms with Crippen molar-refractivity contribution in [3.63, 3.8) is 0 Å². The highest BCUT2D eigenvalue weighted by atomic mass is 32.2. The molecule has 1 heterocycles. The molecule has 1 fully saturated rings. The Labute approximate surface area is 158 Å². The summed E-state index contributed by atoms with van der Waals surface area (Å²) < 4.78 is 18.7. The van der Waals surface area contributed by atoms with E-state index in [1.807, 2.05) is 6.07 Å². The van der Waals surface area contributed by atoms with Crippen molar-refractivity contribution in [3.8, 4) is 5.75 Å². The van der Waals surface area contributed by atoms with Gasteiger partial charge in [0.2, 0.25) is 0 Å². The van der Waals surface area contributed by atoms with Gasteiger partial charge in [0.15, 0.2) is 6.61 Å². The molecule has 0 saturated carbocycles. The Morgan fingerprint density at radius 1 is 1.27 bits per heavy atom. The molecule has 0 atom stereocenters. The van der Waals surface area contributed by atoms with Gasteiger partial charge in [0, 0.05) is 5.69 Å². The summed E-state index contributed by atoms with van der Waals surface area (Å²) in [6.45, 7) is -0.198. The highest BCUT2D eigenvalue weighted by Gasteiger charge is 2.21. The Bertz CT molecular complexity index is 898. The van der Waals surface area contributed by atoms with Gasteiger partial charge >= 0.3 is 0 Å². The lowest BCUT2D eigenvalue weighted by Crippen LogP contribution is -2.20. The molecule has 1 aliphatic heterocycles. The Morgan fingerprint density at radius 3 is 2.73 bits per heavy atom. The van der Waals surface area contributed by atoms with Gasteiger partial charge in [-0.05, 0) is 48.0 Å². The Morgan fingerprint density at radius 2 is 2.04 bits per heavy atom. The van der Waals surface area contributed by atoms with Crippen LogP contribution in [0.3, 0.4) is 0 Å². The van der Waals surface area contributed by atoms with Crippen LogP contribution in [0.1, 0.15) is 5.56 Å². The topological polar surface area (TPSA) is 67.4 Å². The maximum atomic E-state index is 12.8. The molecule has 0 radical (unpaired) electrons. The molecule has 1 aliphatic rings. The second kappa shape index (κ2) is 8.11. The van der Waals surface area contributed by atoms with Crippen LogP contribution in [0.4, 0.5) is 10.1 Å². The molecule has 5 nitrogen and oxygen atoms in total. The van der Waals surface area contributed by atoms with E-state index in [0.717, 1.165) is 5.56 Å². The molecule has 2 aromatic carbocycles. The van der Waals surface area contributed by atoms with Crippen LogP contribution in [-0.2, 0) is 9.59 Å². The number of hydrogen-bond donors (Lipinski definition) is 2. The lowest BCUT2D eigenvalue weighted by molar-refractivity contribution is -0.118. The Balaban J connectivity index is 1.59. The fourth-order valence-corrected chi connectivity index (χ4v) is 3.19. The van der Waals surface area contributed by atoms with E-state index in [4.69, 9.17) is 17.0 Å². The van der Waals surface area contributed by atoms with E-state index < -0.39 is 0 Å². The van der Waals surface area contributed by atoms with Crippen molar-refractivity contribution in [1.82, 2.24) is 5.32 Å². The summed E-state index contributed by atoms with van der Waals surface area (Å²) in [7, 11) is 0. The first kappa shape index (κ1) is 18.1. The first-order valence-corrected chi connectivity index (χ1v) is 8.75. The molecule has 1 saturated heterocycles. The van der Waals surface area contributed by atoms with Gasteiger partial charge in [-0.2, -0.15) is 0 Å². The number of rotatable bonds is 5. The molecule has 0 unspecified atom stereocenters. The van der Waals surface area contributed by atoms with Crippen LogP contribution in [0.2, 0.25) is 0 Å². The van der Waals surface area contributed by atoms with Gasteiger partial charge in [-0.3, -0.25) is 9.59 Å². The number of nitrogens with one attached hydrogen (secondary N) is 2. The average molecular weight is 388 g/mol. The average Bonchev–Trinajstić information content (AvgIpc) is 2.93. The molecule has 26 heavy (non-hydrogen) atoms. The zero-order valence-electron chi connectivity index (χ0n) is 13.3. The number of thiocarbonyl (C=S) groups is 1. The minimum Gasteiger partial charge on any atom is -0.484 e. The summed E-state index contributed by atoms with van der Waals surface area (Å²) in [6, 6.07) is 12.5. The molecule has 0 bridgehead atoms. The van der Waals surface area contributed by atoms with E-state index in [1.165, 1.54) is 36.0 Å². The second-order valence-corrected chi connectivity index (χ2v) is 6.99. The van der Waals surface area contributed by atoms with E-state index >= 15 is 0 Å². The molecule has 8 heteroatoms. The molecule has 3 rings (SSSR count). The zero-order valence-corrected chi connectivity index (χ0v) is 15.0. The maximum Gasteiger partial charge on any atom is 0.263 e. The van der Waals surface area contributed by atoms with Crippen LogP contribution in [0, 0.1) is 5.82 Å². The third-order valence-corrected chi connectivity index (χ3v) is 4.46. The number of anilines is 1. The monoisotopic (exact) mass is 388 g/mol. The fraction of sp³-hybridized carbons (Fsp3) is 0.0556. The van der Waals surface area contributed by atoms with Crippen LogP contribution in [0.5, 0.6) is 5.75 Å². The van der Waals surface area contributed by atoms with Gasteiger partial charge in [0.05, 0.1) is 4.91 Å². The van der Waals surface area contributed by atoms with Gasteiger partial charge in [0.25, 0.3) is 11.8 Å². The Hall–Kier alpha value is -2.71. The van der Waals surface area contributed by atoms with Crippen molar-refractivity contribution in [3.05, 3.63) is 64.8 Å². The maximum absolute atomic E-state index is 12.8. The number of amides is 2. The molecular formula is C18H13FN2O3S2. The summed E-state index contributed by atoms with van der Waals surface area (Å²) in [5.41, 5.74) is 1.24. The fourth-order valence-electron chi connectivity index (χ4n) is 2.15. The minimum atomic E-state index is -0.375. The smallest absolute Gasteiger partial charge is 0.263 e. The minimum absolute atomic E-state index is 0.198. The van der Waals surface area contributed by atoms with Gasteiger partial charge in [-0.25, -0.2) is 4.39 Å². The van der Waals surface area contributed by atoms with Gasteiger partial charge in [-0.1, -0.05) is 36.1 Å². The highest BCUT2D eigenvalue weighted by molar-refractivity contribution is 8.26. The quantitative estimate of drug-likeness (QED) is 0.608. The highest BCUT2D eigenvalue weighted by Crippen LogP contribution is 2.26. The zero-order chi connectivity index (χ0) is 18.5. The van der Waals surface area contributed by atoms with Crippen LogP contribution < -0.4 is 15.4 Å². The van der Waals surface area contributed by atoms with Gasteiger partial charge < -0.3 is 15.4 Å². The predicted octanol–water partition coefficient (Wildman–Crippen LogP) is 3.33. The number of benzene rings is 2. The second-order valence-electron chi connectivity index (χ2n) is 5.27. The lowest BCUT2D eigenvalue weighted by Gasteiger charge is -2.08. The molecule has 132 valence electrons. The summed E-state index contributed by atoms with van der Waals surface area (Å²) >= 11 is 6.14. The van der Waals surface area contributed by atoms with Crippen molar-refractivity contribution in [2.24, 2.45) is 0 Å². The molecule has 2 N–H and O–H groups in total. The molecular weight excluding hydrogens is 375 g/mol. The summed E-state index contributed by atoms with van der Waals surface area (Å²) in [4.78, 5) is 24.1. The van der Waals surface area contributed by atoms with Crippen molar-refractivity contribution in [2.45, 2.75) is 0 Å². The number of carbonyl (C=O) groups excluding carboxylic acids is 2. The number of hydrogen-bond acceptors (Lipinski definition) is 5. The number of thioether (sulfide) groups is 1. The van der Waals surface area contributed by atoms with Gasteiger partial charge in [0.1, 0.15) is 15.9 Å². The van der Waals surface area contributed by atoms with E-state index in [2.05, 4.69) is 10.6 Å². The third kappa shape index (κ3) is 4.90. The van der Waals surface area contributed by atoms with E-state index in [1.54, 1.807) is 24.3 Å². The lowest BCUT2D eigenvalue weighted by atomic mass is 10.2. The number of carbonyl (C=O) groups is 2. The third-order valence-electron chi connectivity index (χ3n) is 3.30. The summed E-state index contributed by atoms with van der Waals surface area (Å²) in [5, 5.41) is 5.16. The molecule has 0 aromatic heterocycles. The van der Waals surface area contributed by atoms with E-state index in [9.17, 15) is 14.0 Å². The van der Waals surface area contributed by atoms with E-state index in [0.29, 0.717) is 20.7 Å². The van der Waals surface area contributed by atoms with Gasteiger partial charge in [-0.15, -0.1) is 0 Å². The Kier molecular flexibility index (Phi) is 5.65. The summed E-state index contributed by atoms with van der Waals surface area (Å²) in [6.07, 6.45) is 1.70. The van der Waals surface area contributed by atoms with Crippen LogP contribution in [0.25, 0.3) is 6.08 Å². The first-order valence-electron chi connectivity index (χ1n) is 7.53. The van der Waals surface area contributed by atoms with Crippen LogP contribution in [0.15, 0.2) is 53.4 Å². The largest absolute Gasteiger partial charge is 0.484 e. The molecule has 2 amide bonds. The molecule has 2 aromatic rings. The van der Waals surface area contributed by atoms with Crippen LogP contribution >= 0.6 is 24.0 Å². The van der Waals surface area contributed by atoms with Crippen molar-refractivity contribution in [2.75, 3.05) is 11.9 Å². The predicted molar refractivity (Wildman–Crippen MR) is 103 cm³/mol. The first-order chi connectivity index (χ1) is 12.5. The van der Waals surface area contributed by atoms with Crippen LogP contribution in [-0.4, -0.2) is 22.7 Å². The molecule has 0 aliphatic carbocycles. The van der Waals surface area contributed by atoms with Crippen molar-refractivity contribution < 1.29 is 18.7 Å². The number of ether oxygens (including phenoxy) is 1. The van der Waals surface area contributed by atoms with Crippen molar-refractivity contribution >= 4 is 51.9 Å². The van der Waals surface area contributed by atoms with Crippen molar-refractivity contribution in [1.29, 1.82) is 0 Å². The standard InChI is InChI=1S/C18H13FN2O3S2/c19-12-4-6-13(7-5-12)20-16(22)10-24-14-3-1-2-11(8-14)9-15-17(23)21-18(25)26-15/h1-9H,10H2,(H,20,22)(H,21,23,25)/b15-9-. The summed E-state index contributed by atoms with van der Waals surface area (Å²) in [5.74, 6) is -0.485.